The van der Waals surface area contributed by atoms with E-state index in [1.165, 1.54) is 140 Å². The fourth-order valence-corrected chi connectivity index (χ4v) is 14.2. The highest BCUT2D eigenvalue weighted by Crippen LogP contribution is 2.47. The van der Waals surface area contributed by atoms with Crippen LogP contribution in [0.2, 0.25) is 0 Å². The largest absolute Gasteiger partial charge is 0.309 e. The number of hydrogen-bond acceptors (Lipinski definition) is 2. The van der Waals surface area contributed by atoms with Crippen LogP contribution in [0.5, 0.6) is 0 Å². The van der Waals surface area contributed by atoms with E-state index in [9.17, 15) is 0 Å². The van der Waals surface area contributed by atoms with E-state index >= 15 is 0 Å². The minimum absolute atomic E-state index is 0.894. The highest BCUT2D eigenvalue weighted by Gasteiger charge is 2.22. The predicted molar refractivity (Wildman–Crippen MR) is 313 cm³/mol. The first-order valence-corrected chi connectivity index (χ1v) is 26.4. The van der Waals surface area contributed by atoms with Gasteiger partial charge in [-0.2, -0.15) is 0 Å². The van der Waals surface area contributed by atoms with Gasteiger partial charge in [-0.25, -0.2) is 0 Å². The minimum atomic E-state index is 0.894. The first kappa shape index (κ1) is 41.2. The summed E-state index contributed by atoms with van der Waals surface area (Å²) in [5, 5.41) is 11.5. The monoisotopic (exact) mass is 949 g/mol. The van der Waals surface area contributed by atoms with Crippen molar-refractivity contribution < 1.29 is 0 Å². The van der Waals surface area contributed by atoms with Gasteiger partial charge >= 0.3 is 0 Å². The van der Waals surface area contributed by atoms with Crippen molar-refractivity contribution in [3.05, 3.63) is 259 Å². The molecule has 3 heteroatoms. The summed E-state index contributed by atoms with van der Waals surface area (Å²) in [5.41, 5.74) is 17.3. The van der Waals surface area contributed by atoms with Gasteiger partial charge < -0.3 is 4.57 Å². The average molecular weight is 950 g/mol. The van der Waals surface area contributed by atoms with E-state index in [-0.39, 0.29) is 0 Å². The summed E-state index contributed by atoms with van der Waals surface area (Å²) < 4.78 is 6.49. The molecule has 0 unspecified atom stereocenters. The van der Waals surface area contributed by atoms with E-state index in [1.54, 1.807) is 0 Å². The van der Waals surface area contributed by atoms with E-state index < -0.39 is 0 Å². The molecule has 0 fully saturated rings. The molecule has 3 heterocycles. The zero-order valence-electron chi connectivity index (χ0n) is 39.1. The molecule has 336 valence electrons. The van der Waals surface area contributed by atoms with Gasteiger partial charge in [0.15, 0.2) is 0 Å². The van der Waals surface area contributed by atoms with Crippen LogP contribution in [0, 0.1) is 0 Å². The molecule has 0 amide bonds. The lowest BCUT2D eigenvalue weighted by Gasteiger charge is -2.19. The van der Waals surface area contributed by atoms with E-state index in [1.807, 2.05) is 22.7 Å². The van der Waals surface area contributed by atoms with Crippen molar-refractivity contribution in [2.45, 2.75) is 6.42 Å². The Morgan fingerprint density at radius 3 is 1.61 bits per heavy atom. The quantitative estimate of drug-likeness (QED) is 0.146. The van der Waals surface area contributed by atoms with Crippen LogP contribution in [0.4, 0.5) is 0 Å². The molecule has 0 spiro atoms. The normalized spacial score (nSPS) is 12.7. The first-order valence-electron chi connectivity index (χ1n) is 24.8. The lowest BCUT2D eigenvalue weighted by atomic mass is 9.85. The van der Waals surface area contributed by atoms with Crippen molar-refractivity contribution >= 4 is 108 Å². The lowest BCUT2D eigenvalue weighted by molar-refractivity contribution is 1.18. The number of rotatable bonds is 6. The van der Waals surface area contributed by atoms with Crippen molar-refractivity contribution in [1.29, 1.82) is 0 Å². The van der Waals surface area contributed by atoms with E-state index in [0.717, 1.165) is 12.1 Å². The van der Waals surface area contributed by atoms with E-state index in [2.05, 4.69) is 253 Å². The van der Waals surface area contributed by atoms with Crippen molar-refractivity contribution in [3.63, 3.8) is 0 Å². The Balaban J connectivity index is 0.926. The van der Waals surface area contributed by atoms with Gasteiger partial charge in [0.2, 0.25) is 0 Å². The van der Waals surface area contributed by atoms with Crippen LogP contribution in [0.1, 0.15) is 22.4 Å². The van der Waals surface area contributed by atoms with Crippen molar-refractivity contribution in [2.24, 2.45) is 0 Å². The zero-order chi connectivity index (χ0) is 47.3. The molecule has 0 radical (unpaired) electrons. The van der Waals surface area contributed by atoms with Gasteiger partial charge in [-0.1, -0.05) is 206 Å². The molecule has 1 aliphatic carbocycles. The predicted octanol–water partition coefficient (Wildman–Crippen LogP) is 20.2. The second kappa shape index (κ2) is 16.5. The molecule has 0 N–H and O–H groups in total. The van der Waals surface area contributed by atoms with Crippen molar-refractivity contribution in [2.75, 3.05) is 0 Å². The Bertz CT molecular complexity index is 4560. The van der Waals surface area contributed by atoms with Crippen molar-refractivity contribution in [3.8, 4) is 50.2 Å². The third-order valence-corrected chi connectivity index (χ3v) is 17.5. The van der Waals surface area contributed by atoms with Gasteiger partial charge in [-0.15, -0.1) is 22.7 Å². The van der Waals surface area contributed by atoms with E-state index in [4.69, 9.17) is 0 Å². The van der Waals surface area contributed by atoms with Gasteiger partial charge in [-0.05, 0) is 126 Å². The number of allylic oxidation sites excluding steroid dienone is 2. The summed E-state index contributed by atoms with van der Waals surface area (Å²) in [6, 6.07) is 85.9. The number of fused-ring (bicyclic) bond motifs is 11. The molecule has 0 aliphatic heterocycles. The molecular weight excluding hydrogens is 907 g/mol. The molecule has 1 nitrogen and oxygen atoms in total. The maximum atomic E-state index is 2.51. The van der Waals surface area contributed by atoms with Crippen molar-refractivity contribution in [1.82, 2.24) is 4.57 Å². The Morgan fingerprint density at radius 1 is 0.347 bits per heavy atom. The number of aromatic nitrogens is 1. The SMILES string of the molecule is C1=Cc2c(sc3ccccc23)C(c2ccc3c4ccc(-c5cccc6c5sc5ccccc56)cc4n(-c4ccc(-c5ccc6c(-c7ccccc7)c7ccccc7c(-c7ccccc7)c6c5)cc4)c3c2)=CC1. The molecule has 0 atom stereocenters. The Morgan fingerprint density at radius 2 is 0.889 bits per heavy atom. The summed E-state index contributed by atoms with van der Waals surface area (Å²) in [7, 11) is 0. The van der Waals surface area contributed by atoms with Crippen LogP contribution in [0.3, 0.4) is 0 Å². The smallest absolute Gasteiger partial charge is 0.0547 e. The number of benzene rings is 11. The summed E-state index contributed by atoms with van der Waals surface area (Å²) >= 11 is 3.79. The second-order valence-electron chi connectivity index (χ2n) is 19.0. The van der Waals surface area contributed by atoms with Crippen LogP contribution in [-0.4, -0.2) is 4.57 Å². The Kier molecular flexibility index (Phi) is 9.44. The minimum Gasteiger partial charge on any atom is -0.309 e. The second-order valence-corrected chi connectivity index (χ2v) is 21.1. The molecule has 72 heavy (non-hydrogen) atoms. The summed E-state index contributed by atoms with van der Waals surface area (Å²) in [5.74, 6) is 0. The number of nitrogens with zero attached hydrogens (tertiary/aromatic N) is 1. The fraction of sp³-hybridized carbons (Fsp3) is 0.0145. The van der Waals surface area contributed by atoms with Crippen LogP contribution in [-0.2, 0) is 0 Å². The van der Waals surface area contributed by atoms with Crippen LogP contribution in [0.25, 0.3) is 135 Å². The van der Waals surface area contributed by atoms with Gasteiger partial charge in [0, 0.05) is 57.2 Å². The standard InChI is InChI=1S/C69H43NS2/c1-3-16-44(17-4-1)66-56-23-8-9-24-57(56)67(45-18-5-2-6-19-45)61-40-46(32-39-58(61)66)43-30-35-49(36-31-43)70-62-41-47(50-20-7-10-25-59-54-21-11-13-28-64(54)71-68(50)59)33-37-52(62)53-38-34-48(42-63(53)70)51-26-15-27-60-55-22-12-14-29-65(55)72-69(51)60/h1-6,8-42H,7H2. The zero-order valence-corrected chi connectivity index (χ0v) is 40.8. The highest BCUT2D eigenvalue weighted by molar-refractivity contribution is 7.26. The molecular formula is C69H43NS2. The molecule has 14 aromatic rings. The van der Waals surface area contributed by atoms with Gasteiger partial charge in [0.05, 0.1) is 11.0 Å². The number of thiophene rings is 2. The van der Waals surface area contributed by atoms with Gasteiger partial charge in [-0.3, -0.25) is 0 Å². The topological polar surface area (TPSA) is 4.93 Å². The third-order valence-electron chi connectivity index (χ3n) is 15.0. The molecule has 1 aliphatic rings. The van der Waals surface area contributed by atoms with E-state index in [0.29, 0.717) is 0 Å². The summed E-state index contributed by atoms with van der Waals surface area (Å²) in [4.78, 5) is 1.34. The molecule has 0 saturated carbocycles. The van der Waals surface area contributed by atoms with Crippen LogP contribution in [0.15, 0.2) is 243 Å². The molecule has 0 bridgehead atoms. The molecule has 3 aromatic heterocycles. The Labute approximate surface area is 425 Å². The summed E-state index contributed by atoms with van der Waals surface area (Å²) in [6.45, 7) is 0. The maximum Gasteiger partial charge on any atom is 0.0547 e. The Hall–Kier alpha value is -8.60. The molecule has 15 rings (SSSR count). The maximum absolute atomic E-state index is 2.51. The molecule has 11 aromatic carbocycles. The fourth-order valence-electron chi connectivity index (χ4n) is 11.7. The van der Waals surface area contributed by atoms with Crippen LogP contribution < -0.4 is 0 Å². The molecule has 0 saturated heterocycles. The number of hydrogen-bond donors (Lipinski definition) is 0. The van der Waals surface area contributed by atoms with Crippen LogP contribution >= 0.6 is 22.7 Å². The lowest BCUT2D eigenvalue weighted by Crippen LogP contribution is -1.95. The first-order chi connectivity index (χ1) is 35.7. The highest BCUT2D eigenvalue weighted by atomic mass is 32.1. The summed E-state index contributed by atoms with van der Waals surface area (Å²) in [6.07, 6.45) is 7.95. The third kappa shape index (κ3) is 6.45. The van der Waals surface area contributed by atoms with Gasteiger partial charge in [0.25, 0.3) is 0 Å². The van der Waals surface area contributed by atoms with Gasteiger partial charge in [0.1, 0.15) is 0 Å². The average Bonchev–Trinajstić information content (AvgIpc) is 4.06.